The van der Waals surface area contributed by atoms with E-state index in [1.807, 2.05) is 65.6 Å². The fourth-order valence-electron chi connectivity index (χ4n) is 13.9. The molecule has 0 amide bonds. The van der Waals surface area contributed by atoms with Crippen molar-refractivity contribution in [3.05, 3.63) is 331 Å². The summed E-state index contributed by atoms with van der Waals surface area (Å²) in [6.45, 7) is 8.34. The third-order valence-corrected chi connectivity index (χ3v) is 27.2. The van der Waals surface area contributed by atoms with E-state index in [0.717, 1.165) is 98.0 Å². The minimum atomic E-state index is -3.84. The summed E-state index contributed by atoms with van der Waals surface area (Å²) in [5.41, 5.74) is 5.91. The number of benzene rings is 8. The highest BCUT2D eigenvalue weighted by molar-refractivity contribution is 7.93. The number of carbonyl (C=O) groups is 2. The number of halogens is 12. The van der Waals surface area contributed by atoms with Gasteiger partial charge in [-0.3, -0.25) is 28.5 Å². The molecule has 0 aliphatic carbocycles. The molecule has 0 radical (unpaired) electrons. The van der Waals surface area contributed by atoms with Crippen molar-refractivity contribution >= 4 is 165 Å². The van der Waals surface area contributed by atoms with E-state index in [9.17, 15) is 70.3 Å². The Morgan fingerprint density at radius 1 is 0.386 bits per heavy atom. The molecule has 8 aromatic heterocycles. The zero-order chi connectivity index (χ0) is 95.3. The second-order valence-corrected chi connectivity index (χ2v) is 38.8. The van der Waals surface area contributed by atoms with Crippen molar-refractivity contribution in [2.24, 2.45) is 0 Å². The number of nitrogens with one attached hydrogen (secondary N) is 8. The predicted molar refractivity (Wildman–Crippen MR) is 503 cm³/mol. The summed E-state index contributed by atoms with van der Waals surface area (Å²) in [6.07, 6.45) is 12.8. The zero-order valence-corrected chi connectivity index (χ0v) is 76.5. The minimum absolute atomic E-state index is 0.000297. The number of anilines is 4. The van der Waals surface area contributed by atoms with Gasteiger partial charge in [0.1, 0.15) is 52.0 Å². The van der Waals surface area contributed by atoms with Crippen LogP contribution in [0.3, 0.4) is 0 Å². The molecule has 0 fully saturated rings. The summed E-state index contributed by atoms with van der Waals surface area (Å²) in [5.74, 6) is -11.0. The molecule has 2 unspecified atom stereocenters. The molecule has 16 rings (SSSR count). The lowest BCUT2D eigenvalue weighted by atomic mass is 9.91. The quantitative estimate of drug-likeness (QED) is 0.0131. The number of sulfonamides is 4. The molecule has 0 spiro atoms. The lowest BCUT2D eigenvalue weighted by Gasteiger charge is -2.17. The van der Waals surface area contributed by atoms with Gasteiger partial charge in [0.15, 0.2) is 29.6 Å². The monoisotopic (exact) mass is 1960 g/mol. The van der Waals surface area contributed by atoms with Crippen LogP contribution in [0.2, 0.25) is 20.1 Å². The molecule has 0 aliphatic rings. The molecule has 0 saturated heterocycles. The highest BCUT2D eigenvalue weighted by Gasteiger charge is 2.31. The van der Waals surface area contributed by atoms with Crippen molar-refractivity contribution in [2.75, 3.05) is 41.9 Å². The van der Waals surface area contributed by atoms with Crippen LogP contribution >= 0.6 is 46.4 Å². The first-order chi connectivity index (χ1) is 62.8. The Kier molecular flexibility index (Phi) is 31.9. The number of fused-ring (bicyclic) bond motifs is 4. The average Bonchev–Trinajstić information content (AvgIpc) is 1.24. The van der Waals surface area contributed by atoms with Crippen molar-refractivity contribution in [2.45, 2.75) is 72.3 Å². The number of hydrogen-bond donors (Lipinski definition) is 9. The molecule has 9 N–H and O–H groups in total. The van der Waals surface area contributed by atoms with Crippen LogP contribution in [0.25, 0.3) is 88.6 Å². The average molecular weight is 1960 g/mol. The number of nitrogens with zero attached hydrogens (tertiary/aromatic N) is 4. The number of pyridine rings is 4. The summed E-state index contributed by atoms with van der Waals surface area (Å²) in [5, 5.41) is 16.1. The lowest BCUT2D eigenvalue weighted by Crippen LogP contribution is -2.18. The van der Waals surface area contributed by atoms with Gasteiger partial charge in [-0.15, -0.1) is 0 Å². The number of rotatable bonds is 27. The molecule has 686 valence electrons. The largest absolute Gasteiger partial charge is 0.383 e. The number of hydrogen-bond acceptors (Lipinski definition) is 15. The van der Waals surface area contributed by atoms with E-state index in [1.54, 1.807) is 132 Å². The van der Waals surface area contributed by atoms with Crippen molar-refractivity contribution in [1.82, 2.24) is 39.9 Å². The number of ketones is 1. The topological polar surface area (TPSA) is 354 Å². The Hall–Kier alpha value is -12.6. The van der Waals surface area contributed by atoms with Gasteiger partial charge in [0.2, 0.25) is 45.9 Å². The third kappa shape index (κ3) is 23.8. The number of aromatic amines is 4. The summed E-state index contributed by atoms with van der Waals surface area (Å²) in [4.78, 5) is 52.9. The smallest absolute Gasteiger partial charge is 0.232 e. The molecule has 23 nitrogen and oxygen atoms in total. The molecular formula is C93H80Cl4F8N12O11S4. The number of aliphatic hydroxyl groups excluding tert-OH is 1. The SMILES string of the molecule is CCCS(=O)(=O)Nc1ccc(F)c(C(=O)c2c[nH]c3ncc(-c4ccc(Cl)cc4)cc23)c1F.CCCS(=O)(=O)Nc1ccc(F)c(C(C)c2c[nH]c3ncc(-c4ccc(Cl)cc4)cc23)c1F.CCCS(=O)(=O)Nc1ccc(F)c(C(O)c2c[nH]c3ncc(-c4ccc(Cl)cc4)cc23)c1F.CCCS(=O)(=O)Nc1ccc(F)c(C=O)c1F.Clc1ccc(-c2cnc3[nH]ccc3c2)cc1. The summed E-state index contributed by atoms with van der Waals surface area (Å²) in [6, 6.07) is 46.2. The highest BCUT2D eigenvalue weighted by atomic mass is 35.5. The van der Waals surface area contributed by atoms with Crippen LogP contribution in [-0.4, -0.2) is 114 Å². The first-order valence-electron chi connectivity index (χ1n) is 40.3. The van der Waals surface area contributed by atoms with Gasteiger partial charge in [0.25, 0.3) is 0 Å². The molecule has 8 heterocycles. The lowest BCUT2D eigenvalue weighted by molar-refractivity contribution is 0.103. The van der Waals surface area contributed by atoms with Crippen molar-refractivity contribution in [1.29, 1.82) is 0 Å². The van der Waals surface area contributed by atoms with E-state index in [2.05, 4.69) is 60.1 Å². The number of aromatic nitrogens is 8. The van der Waals surface area contributed by atoms with E-state index in [4.69, 9.17) is 46.4 Å². The maximum Gasteiger partial charge on any atom is 0.232 e. The van der Waals surface area contributed by atoms with Crippen LogP contribution in [0, 0.1) is 46.5 Å². The second-order valence-electron chi connectivity index (χ2n) is 29.7. The Morgan fingerprint density at radius 3 is 1.14 bits per heavy atom. The maximum absolute atomic E-state index is 15.3. The molecule has 8 aromatic carbocycles. The predicted octanol–water partition coefficient (Wildman–Crippen LogP) is 23.2. The number of aliphatic hydroxyl groups is 1. The van der Waals surface area contributed by atoms with Crippen molar-refractivity contribution in [3.63, 3.8) is 0 Å². The van der Waals surface area contributed by atoms with Gasteiger partial charge >= 0.3 is 0 Å². The number of H-pyrrole nitrogens is 4. The first kappa shape index (κ1) is 98.5. The standard InChI is InChI=1S/C24H22ClF2N3O2S.C23H20ClF2N3O3S.C23H18ClF2N3O3S.C13H9ClN2.C10H11F2NO3S/c1-3-10-33(31,32)30-21-9-8-20(26)22(23(21)27)14(2)19-13-29-24-18(19)11-16(12-28-24)15-4-6-17(25)7-5-15;2*1-2-9-33(31,32)29-19-8-7-18(25)20(21(19)26)22(30)17-12-28-23-16(17)10-14(11-27-23)13-3-5-15(24)6-4-13;14-12-3-1-9(2-4-12)11-7-10-5-6-15-13(10)16-8-11;1-2-5-17(15,16)13-9-4-3-8(11)7(6-14)10(9)12/h4-9,11-14,30H,3,10H2,1-2H3,(H,28,29);3-8,10-12,22,29-30H,2,9H2,1H3,(H,27,28);3-8,10-12,29H,2,9H2,1H3,(H,27,28);1-8H,(H,15,16);3-4,6,13H,2,5H2,1H3. The summed E-state index contributed by atoms with van der Waals surface area (Å²) < 4.78 is 220. The van der Waals surface area contributed by atoms with Crippen LogP contribution in [-0.2, 0) is 40.1 Å². The van der Waals surface area contributed by atoms with Crippen LogP contribution < -0.4 is 18.9 Å². The van der Waals surface area contributed by atoms with Crippen LogP contribution in [0.15, 0.2) is 225 Å². The first-order valence-corrected chi connectivity index (χ1v) is 48.5. The Labute approximate surface area is 773 Å². The summed E-state index contributed by atoms with van der Waals surface area (Å²) in [7, 11) is -15.1. The number of aldehydes is 1. The highest BCUT2D eigenvalue weighted by Crippen LogP contribution is 2.40. The van der Waals surface area contributed by atoms with Crippen molar-refractivity contribution in [3.8, 4) is 44.5 Å². The van der Waals surface area contributed by atoms with Gasteiger partial charge in [-0.05, 0) is 181 Å². The van der Waals surface area contributed by atoms with Gasteiger partial charge in [-0.1, -0.05) is 130 Å². The van der Waals surface area contributed by atoms with Gasteiger partial charge in [-0.25, -0.2) is 88.7 Å². The van der Waals surface area contributed by atoms with Gasteiger partial charge in [0.05, 0.1) is 62.5 Å². The van der Waals surface area contributed by atoms with E-state index in [0.29, 0.717) is 90.5 Å². The van der Waals surface area contributed by atoms with E-state index in [1.165, 1.54) is 12.4 Å². The zero-order valence-electron chi connectivity index (χ0n) is 70.2. The molecule has 0 bridgehead atoms. The van der Waals surface area contributed by atoms with Crippen molar-refractivity contribution < 1.29 is 83.5 Å². The summed E-state index contributed by atoms with van der Waals surface area (Å²) >= 11 is 23.7. The minimum Gasteiger partial charge on any atom is -0.383 e. The van der Waals surface area contributed by atoms with E-state index < -0.39 is 138 Å². The van der Waals surface area contributed by atoms with Gasteiger partial charge in [0, 0.05) is 136 Å². The fourth-order valence-corrected chi connectivity index (χ4v) is 18.9. The van der Waals surface area contributed by atoms with E-state index >= 15 is 13.2 Å². The molecule has 2 atom stereocenters. The maximum atomic E-state index is 15.3. The van der Waals surface area contributed by atoms with Crippen LogP contribution in [0.5, 0.6) is 0 Å². The van der Waals surface area contributed by atoms with E-state index in [-0.39, 0.29) is 51.7 Å². The molecule has 132 heavy (non-hydrogen) atoms. The Morgan fingerprint density at radius 2 is 0.720 bits per heavy atom. The Bertz CT molecular complexity index is 7220. The second kappa shape index (κ2) is 42.8. The molecule has 0 aliphatic heterocycles. The van der Waals surface area contributed by atoms with Crippen LogP contribution in [0.1, 0.15) is 121 Å². The van der Waals surface area contributed by atoms with Gasteiger partial charge < -0.3 is 25.0 Å². The molecule has 39 heteroatoms. The molecule has 16 aromatic rings. The van der Waals surface area contributed by atoms with Crippen LogP contribution in [0.4, 0.5) is 57.9 Å². The molecular weight excluding hydrogens is 1880 g/mol. The fraction of sp³-hybridized carbons (Fsp3) is 0.161. The Balaban J connectivity index is 0.000000153. The number of carbonyl (C=O) groups excluding carboxylic acids is 2. The molecule has 0 saturated carbocycles. The third-order valence-electron chi connectivity index (χ3n) is 20.2. The normalized spacial score (nSPS) is 12.0. The van der Waals surface area contributed by atoms with Gasteiger partial charge in [-0.2, -0.15) is 0 Å².